The minimum absolute atomic E-state index is 0.00615. The summed E-state index contributed by atoms with van der Waals surface area (Å²) in [5.41, 5.74) is 1.03. The van der Waals surface area contributed by atoms with Gasteiger partial charge in [0.25, 0.3) is 0 Å². The number of pyridine rings is 2. The first-order valence-corrected chi connectivity index (χ1v) is 12.5. The van der Waals surface area contributed by atoms with Crippen molar-refractivity contribution in [2.75, 3.05) is 0 Å². The molecule has 0 aliphatic rings. The number of aromatic nitrogens is 2. The van der Waals surface area contributed by atoms with Gasteiger partial charge < -0.3 is 0 Å². The van der Waals surface area contributed by atoms with Crippen molar-refractivity contribution in [3.8, 4) is 0 Å². The Bertz CT molecular complexity index is 1770. The van der Waals surface area contributed by atoms with Crippen LogP contribution < -0.4 is 0 Å². The number of hydrogen-bond acceptors (Lipinski definition) is 2. The van der Waals surface area contributed by atoms with Crippen LogP contribution in [0.3, 0.4) is 0 Å². The van der Waals surface area contributed by atoms with Crippen LogP contribution in [0.1, 0.15) is 27.9 Å². The molecule has 0 spiro atoms. The van der Waals surface area contributed by atoms with E-state index in [2.05, 4.69) is 9.97 Å². The predicted molar refractivity (Wildman–Crippen MR) is 142 cm³/mol. The molecule has 3 aromatic carbocycles. The molecule has 5 rings (SSSR count). The summed E-state index contributed by atoms with van der Waals surface area (Å²) in [6.07, 6.45) is -4.39. The Labute approximate surface area is 238 Å². The molecule has 0 saturated carbocycles. The molecular weight excluding hydrogens is 604 g/mol. The lowest BCUT2D eigenvalue weighted by Crippen LogP contribution is -2.06. The Morgan fingerprint density at radius 3 is 1.77 bits per heavy atom. The van der Waals surface area contributed by atoms with Crippen LogP contribution in [0.5, 0.6) is 0 Å². The molecule has 0 N–H and O–H groups in total. The second-order valence-electron chi connectivity index (χ2n) is 8.78. The molecule has 0 bridgehead atoms. The van der Waals surface area contributed by atoms with Gasteiger partial charge >= 0.3 is 6.18 Å². The van der Waals surface area contributed by atoms with E-state index >= 15 is 0 Å². The highest BCUT2D eigenvalue weighted by Gasteiger charge is 2.30. The Hall–Kier alpha value is -3.14. The fraction of sp³-hybridized carbons (Fsp3) is 0.143. The third kappa shape index (κ3) is 6.11. The molecule has 40 heavy (non-hydrogen) atoms. The normalized spacial score (nSPS) is 11.6. The van der Waals surface area contributed by atoms with Gasteiger partial charge in [-0.1, -0.05) is 53.0 Å². The van der Waals surface area contributed by atoms with Crippen LogP contribution in [0.4, 0.5) is 30.7 Å². The lowest BCUT2D eigenvalue weighted by Gasteiger charge is -2.12. The van der Waals surface area contributed by atoms with E-state index < -0.39 is 35.0 Å². The maximum absolute atomic E-state index is 13.9. The zero-order chi connectivity index (χ0) is 29.5. The highest BCUT2D eigenvalue weighted by atomic mass is 35.5. The Balaban J connectivity index is 0.000000210. The quantitative estimate of drug-likeness (QED) is 0.145. The summed E-state index contributed by atoms with van der Waals surface area (Å²) in [7, 11) is 0. The van der Waals surface area contributed by atoms with Crippen molar-refractivity contribution < 1.29 is 30.7 Å². The second-order valence-corrected chi connectivity index (χ2v) is 9.89. The topological polar surface area (TPSA) is 25.8 Å². The van der Waals surface area contributed by atoms with E-state index in [4.69, 9.17) is 34.8 Å². The summed E-state index contributed by atoms with van der Waals surface area (Å²) in [4.78, 5) is 8.06. The van der Waals surface area contributed by atoms with E-state index in [-0.39, 0.29) is 43.4 Å². The average Bonchev–Trinajstić information content (AvgIpc) is 2.85. The van der Waals surface area contributed by atoms with Gasteiger partial charge in [0.05, 0.1) is 37.4 Å². The average molecular weight is 620 g/mol. The molecule has 0 unspecified atom stereocenters. The summed E-state index contributed by atoms with van der Waals surface area (Å²) >= 11 is 17.8. The van der Waals surface area contributed by atoms with Gasteiger partial charge in [-0.05, 0) is 31.0 Å². The summed E-state index contributed by atoms with van der Waals surface area (Å²) in [5.74, 6) is -3.07. The lowest BCUT2D eigenvalue weighted by molar-refractivity contribution is -0.137. The maximum atomic E-state index is 13.9. The fourth-order valence-electron chi connectivity index (χ4n) is 3.97. The Morgan fingerprint density at radius 2 is 1.23 bits per heavy atom. The van der Waals surface area contributed by atoms with Crippen molar-refractivity contribution in [3.63, 3.8) is 0 Å². The minimum atomic E-state index is -4.45. The minimum Gasteiger partial charge on any atom is -0.252 e. The van der Waals surface area contributed by atoms with Gasteiger partial charge in [-0.3, -0.25) is 4.98 Å². The van der Waals surface area contributed by atoms with Gasteiger partial charge in [0.2, 0.25) is 0 Å². The fourth-order valence-corrected chi connectivity index (χ4v) is 4.77. The first kappa shape index (κ1) is 29.8. The molecule has 2 heterocycles. The monoisotopic (exact) mass is 618 g/mol. The maximum Gasteiger partial charge on any atom is 0.416 e. The van der Waals surface area contributed by atoms with Gasteiger partial charge in [-0.15, -0.1) is 0 Å². The number of fused-ring (bicyclic) bond motifs is 2. The Kier molecular flexibility index (Phi) is 8.49. The van der Waals surface area contributed by atoms with E-state index in [0.717, 1.165) is 30.3 Å². The molecule has 2 aromatic heterocycles. The van der Waals surface area contributed by atoms with Crippen molar-refractivity contribution in [1.82, 2.24) is 9.97 Å². The first-order chi connectivity index (χ1) is 18.7. The number of benzene rings is 3. The number of rotatable bonds is 2. The van der Waals surface area contributed by atoms with Crippen molar-refractivity contribution in [1.29, 1.82) is 0 Å². The molecule has 0 saturated heterocycles. The SMILES string of the molecule is Cc1c(Cc2cccc(C(F)(F)F)c2)nc2cc(F)cc(F)c2c1Cl.Cc1c(Cl)nc2cc(F)cc(F)c2c1Cl. The van der Waals surface area contributed by atoms with E-state index in [9.17, 15) is 30.7 Å². The molecule has 208 valence electrons. The molecular formula is C28H16Cl3F7N2. The van der Waals surface area contributed by atoms with Crippen LogP contribution in [0.2, 0.25) is 15.2 Å². The van der Waals surface area contributed by atoms with Crippen LogP contribution in [-0.2, 0) is 12.6 Å². The van der Waals surface area contributed by atoms with Crippen LogP contribution in [-0.4, -0.2) is 9.97 Å². The Morgan fingerprint density at radius 1 is 0.700 bits per heavy atom. The number of nitrogens with zero attached hydrogens (tertiary/aromatic N) is 2. The standard InChI is InChI=1S/C18H11ClF5N.C10H5Cl2F2N/c1-9-14(6-10-3-2-4-11(5-10)18(22,23)24)25-15-8-12(20)7-13(21)16(15)17(9)19;1-4-9(11)8-6(14)2-5(13)3-7(8)15-10(4)12/h2-5,7-8H,6H2,1H3;2-3H,1H3. The molecule has 0 atom stereocenters. The largest absolute Gasteiger partial charge is 0.416 e. The second kappa shape index (κ2) is 11.4. The molecule has 12 heteroatoms. The number of halogens is 10. The third-order valence-electron chi connectivity index (χ3n) is 6.01. The van der Waals surface area contributed by atoms with Crippen LogP contribution in [0, 0.1) is 37.1 Å². The smallest absolute Gasteiger partial charge is 0.252 e. The molecule has 2 nitrogen and oxygen atoms in total. The highest BCUT2D eigenvalue weighted by Crippen LogP contribution is 2.34. The van der Waals surface area contributed by atoms with Crippen LogP contribution in [0.25, 0.3) is 21.8 Å². The van der Waals surface area contributed by atoms with Crippen molar-refractivity contribution >= 4 is 56.6 Å². The van der Waals surface area contributed by atoms with E-state index in [1.54, 1.807) is 13.8 Å². The van der Waals surface area contributed by atoms with Crippen molar-refractivity contribution in [2.45, 2.75) is 26.4 Å². The van der Waals surface area contributed by atoms with E-state index in [1.165, 1.54) is 12.1 Å². The van der Waals surface area contributed by atoms with Gasteiger partial charge in [0, 0.05) is 41.9 Å². The third-order valence-corrected chi connectivity index (χ3v) is 7.32. The summed E-state index contributed by atoms with van der Waals surface area (Å²) in [6.45, 7) is 3.22. The van der Waals surface area contributed by atoms with E-state index in [1.807, 2.05) is 0 Å². The van der Waals surface area contributed by atoms with Crippen molar-refractivity contribution in [3.05, 3.63) is 115 Å². The zero-order valence-electron chi connectivity index (χ0n) is 20.5. The summed E-state index contributed by atoms with van der Waals surface area (Å²) in [5, 5.41) is 0.484. The lowest BCUT2D eigenvalue weighted by atomic mass is 10.0. The predicted octanol–water partition coefficient (Wildman–Crippen LogP) is 10.2. The molecule has 0 radical (unpaired) electrons. The molecule has 0 amide bonds. The molecule has 0 aliphatic heterocycles. The zero-order valence-corrected chi connectivity index (χ0v) is 22.8. The van der Waals surface area contributed by atoms with Gasteiger partial charge in [0.15, 0.2) is 0 Å². The highest BCUT2D eigenvalue weighted by molar-refractivity contribution is 6.39. The van der Waals surface area contributed by atoms with Gasteiger partial charge in [0.1, 0.15) is 28.4 Å². The summed E-state index contributed by atoms with van der Waals surface area (Å²) < 4.78 is 92.2. The first-order valence-electron chi connectivity index (χ1n) is 11.4. The molecule has 5 aromatic rings. The molecule has 0 aliphatic carbocycles. The van der Waals surface area contributed by atoms with Gasteiger partial charge in [-0.2, -0.15) is 13.2 Å². The number of hydrogen-bond donors (Lipinski definition) is 0. The number of alkyl halides is 3. The van der Waals surface area contributed by atoms with Gasteiger partial charge in [-0.25, -0.2) is 22.5 Å². The van der Waals surface area contributed by atoms with E-state index in [0.29, 0.717) is 28.5 Å². The molecule has 0 fully saturated rings. The van der Waals surface area contributed by atoms with Crippen LogP contribution in [0.15, 0.2) is 48.5 Å². The van der Waals surface area contributed by atoms with Crippen LogP contribution >= 0.6 is 34.8 Å². The van der Waals surface area contributed by atoms with Crippen molar-refractivity contribution in [2.24, 2.45) is 0 Å². The summed E-state index contributed by atoms with van der Waals surface area (Å²) in [6, 6.07) is 8.43.